The summed E-state index contributed by atoms with van der Waals surface area (Å²) in [4.78, 5) is 51.1. The summed E-state index contributed by atoms with van der Waals surface area (Å²) in [5, 5.41) is 18.0. The number of phenols is 1. The standard InChI is InChI=1S/C30H47N3O7/c1-9-39-26(35)15-12-22(18-21-10-13-23(34)14-11-21)31-27(36)24(16-19(2)3)32-28(37)25(17-20(4)5)33-29(38)40-30(6,7)8/h10-15,19-20,22,24-25,34H,9,16-18H2,1-8H3,(H,31,36)(H,32,37)(H,33,38)/b15-12+/t22-,24+,25+/m1/s1. The van der Waals surface area contributed by atoms with Crippen LogP contribution >= 0.6 is 0 Å². The maximum Gasteiger partial charge on any atom is 0.408 e. The smallest absolute Gasteiger partial charge is 0.408 e. The topological polar surface area (TPSA) is 143 Å². The van der Waals surface area contributed by atoms with Crippen molar-refractivity contribution >= 4 is 23.9 Å². The number of hydrogen-bond acceptors (Lipinski definition) is 7. The first-order valence-electron chi connectivity index (χ1n) is 13.8. The van der Waals surface area contributed by atoms with Gasteiger partial charge in [0.1, 0.15) is 23.4 Å². The summed E-state index contributed by atoms with van der Waals surface area (Å²) in [6.45, 7) is 14.9. The van der Waals surface area contributed by atoms with Crippen LogP contribution in [0, 0.1) is 11.8 Å². The molecule has 0 spiro atoms. The summed E-state index contributed by atoms with van der Waals surface area (Å²) < 4.78 is 10.3. The van der Waals surface area contributed by atoms with Gasteiger partial charge in [0, 0.05) is 6.08 Å². The van der Waals surface area contributed by atoms with Crippen molar-refractivity contribution in [2.24, 2.45) is 11.8 Å². The van der Waals surface area contributed by atoms with Crippen molar-refractivity contribution in [3.05, 3.63) is 42.0 Å². The van der Waals surface area contributed by atoms with Gasteiger partial charge in [-0.05, 0) is 76.5 Å². The first kappa shape index (κ1) is 34.5. The Balaban J connectivity index is 3.13. The van der Waals surface area contributed by atoms with Gasteiger partial charge in [-0.1, -0.05) is 45.9 Å². The summed E-state index contributed by atoms with van der Waals surface area (Å²) in [5.41, 5.74) is 0.0895. The Kier molecular flexibility index (Phi) is 14.2. The molecule has 1 aromatic carbocycles. The Morgan fingerprint density at radius 2 is 1.40 bits per heavy atom. The van der Waals surface area contributed by atoms with Gasteiger partial charge in [-0.2, -0.15) is 0 Å². The lowest BCUT2D eigenvalue weighted by Crippen LogP contribution is -2.55. The molecule has 0 aliphatic carbocycles. The quantitative estimate of drug-likeness (QED) is 0.199. The van der Waals surface area contributed by atoms with Gasteiger partial charge in [0.2, 0.25) is 11.8 Å². The minimum absolute atomic E-state index is 0.0732. The van der Waals surface area contributed by atoms with Crippen LogP contribution in [0.2, 0.25) is 0 Å². The van der Waals surface area contributed by atoms with Crippen molar-refractivity contribution < 1.29 is 33.8 Å². The van der Waals surface area contributed by atoms with Gasteiger partial charge < -0.3 is 30.5 Å². The van der Waals surface area contributed by atoms with Crippen LogP contribution in [0.4, 0.5) is 4.79 Å². The highest BCUT2D eigenvalue weighted by molar-refractivity contribution is 5.91. The lowest BCUT2D eigenvalue weighted by molar-refractivity contribution is -0.137. The molecule has 0 aromatic heterocycles. The average molecular weight is 562 g/mol. The van der Waals surface area contributed by atoms with Crippen LogP contribution < -0.4 is 16.0 Å². The van der Waals surface area contributed by atoms with Crippen molar-refractivity contribution in [1.82, 2.24) is 16.0 Å². The Hall–Kier alpha value is -3.56. The normalized spacial score (nSPS) is 13.9. The Labute approximate surface area is 238 Å². The molecule has 3 amide bonds. The Morgan fingerprint density at radius 1 is 0.875 bits per heavy atom. The fourth-order valence-corrected chi connectivity index (χ4v) is 3.85. The summed E-state index contributed by atoms with van der Waals surface area (Å²) in [5.74, 6) is -1.18. The highest BCUT2D eigenvalue weighted by Crippen LogP contribution is 2.14. The molecular weight excluding hydrogens is 514 g/mol. The molecule has 0 radical (unpaired) electrons. The predicted molar refractivity (Wildman–Crippen MR) is 154 cm³/mol. The molecule has 40 heavy (non-hydrogen) atoms. The second-order valence-corrected chi connectivity index (χ2v) is 11.6. The van der Waals surface area contributed by atoms with E-state index in [0.717, 1.165) is 5.56 Å². The predicted octanol–water partition coefficient (Wildman–Crippen LogP) is 4.01. The molecule has 0 bridgehead atoms. The molecule has 1 aromatic rings. The first-order chi connectivity index (χ1) is 18.6. The van der Waals surface area contributed by atoms with E-state index in [0.29, 0.717) is 19.3 Å². The molecule has 0 unspecified atom stereocenters. The van der Waals surface area contributed by atoms with Crippen LogP contribution in [0.15, 0.2) is 36.4 Å². The molecule has 3 atom stereocenters. The fraction of sp³-hybridized carbons (Fsp3) is 0.600. The molecule has 0 saturated carbocycles. The molecule has 0 fully saturated rings. The van der Waals surface area contributed by atoms with Crippen molar-refractivity contribution in [2.75, 3.05) is 6.61 Å². The van der Waals surface area contributed by atoms with Crippen LogP contribution in [0.1, 0.15) is 73.8 Å². The summed E-state index contributed by atoms with van der Waals surface area (Å²) in [6, 6.07) is 4.14. The number of nitrogens with one attached hydrogen (secondary N) is 3. The minimum atomic E-state index is -0.895. The molecule has 0 saturated heterocycles. The highest BCUT2D eigenvalue weighted by Gasteiger charge is 2.30. The number of carbonyl (C=O) groups is 4. The van der Waals surface area contributed by atoms with Crippen molar-refractivity contribution in [3.63, 3.8) is 0 Å². The van der Waals surface area contributed by atoms with Gasteiger partial charge in [-0.15, -0.1) is 0 Å². The summed E-state index contributed by atoms with van der Waals surface area (Å²) >= 11 is 0. The van der Waals surface area contributed by atoms with Gasteiger partial charge in [0.25, 0.3) is 0 Å². The zero-order valence-electron chi connectivity index (χ0n) is 25.1. The lowest BCUT2D eigenvalue weighted by atomic mass is 9.99. The number of aromatic hydroxyl groups is 1. The molecule has 0 aliphatic heterocycles. The van der Waals surface area contributed by atoms with Crippen molar-refractivity contribution in [3.8, 4) is 5.75 Å². The Morgan fingerprint density at radius 3 is 1.90 bits per heavy atom. The van der Waals surface area contributed by atoms with Crippen LogP contribution in [0.5, 0.6) is 5.75 Å². The number of amides is 3. The third kappa shape index (κ3) is 14.6. The number of benzene rings is 1. The summed E-state index contributed by atoms with van der Waals surface area (Å²) in [6.07, 6.45) is 3.13. The number of alkyl carbamates (subject to hydrolysis) is 1. The fourth-order valence-electron chi connectivity index (χ4n) is 3.85. The number of ether oxygens (including phenoxy) is 2. The number of rotatable bonds is 14. The number of esters is 1. The van der Waals surface area contributed by atoms with E-state index in [1.165, 1.54) is 18.2 Å². The second-order valence-electron chi connectivity index (χ2n) is 11.6. The molecule has 10 nitrogen and oxygen atoms in total. The van der Waals surface area contributed by atoms with Crippen LogP contribution in [0.25, 0.3) is 0 Å². The van der Waals surface area contributed by atoms with Crippen LogP contribution in [-0.2, 0) is 30.3 Å². The van der Waals surface area contributed by atoms with Crippen molar-refractivity contribution in [1.29, 1.82) is 0 Å². The SMILES string of the molecule is CCOC(=O)/C=C/[C@H](Cc1ccc(O)cc1)NC(=O)[C@H](CC(C)C)NC(=O)[C@H](CC(C)C)NC(=O)OC(C)(C)C. The third-order valence-corrected chi connectivity index (χ3v) is 5.53. The van der Waals surface area contributed by atoms with E-state index in [-0.39, 0.29) is 24.2 Å². The van der Waals surface area contributed by atoms with Crippen molar-refractivity contribution in [2.45, 2.75) is 98.4 Å². The van der Waals surface area contributed by atoms with Gasteiger partial charge in [0.05, 0.1) is 12.6 Å². The van der Waals surface area contributed by atoms with Gasteiger partial charge >= 0.3 is 12.1 Å². The van der Waals surface area contributed by atoms with E-state index in [4.69, 9.17) is 9.47 Å². The molecular formula is C30H47N3O7. The van der Waals surface area contributed by atoms with E-state index in [1.807, 2.05) is 27.7 Å². The van der Waals surface area contributed by atoms with Crippen LogP contribution in [-0.4, -0.2) is 59.3 Å². The maximum atomic E-state index is 13.5. The molecule has 0 heterocycles. The van der Waals surface area contributed by atoms with E-state index in [1.54, 1.807) is 45.9 Å². The zero-order chi connectivity index (χ0) is 30.5. The van der Waals surface area contributed by atoms with Gasteiger partial charge in [-0.25, -0.2) is 9.59 Å². The number of carbonyl (C=O) groups excluding carboxylic acids is 4. The van der Waals surface area contributed by atoms with E-state index in [2.05, 4.69) is 16.0 Å². The average Bonchev–Trinajstić information content (AvgIpc) is 2.81. The first-order valence-corrected chi connectivity index (χ1v) is 13.8. The second kappa shape index (κ2) is 16.5. The molecule has 0 aliphatic rings. The van der Waals surface area contributed by atoms with Gasteiger partial charge in [0.15, 0.2) is 0 Å². The number of hydrogen-bond donors (Lipinski definition) is 4. The summed E-state index contributed by atoms with van der Waals surface area (Å²) in [7, 11) is 0. The maximum absolute atomic E-state index is 13.5. The van der Waals surface area contributed by atoms with E-state index in [9.17, 15) is 24.3 Å². The molecule has 224 valence electrons. The molecule has 10 heteroatoms. The van der Waals surface area contributed by atoms with E-state index < -0.39 is 47.6 Å². The molecule has 4 N–H and O–H groups in total. The van der Waals surface area contributed by atoms with Crippen LogP contribution in [0.3, 0.4) is 0 Å². The monoisotopic (exact) mass is 561 g/mol. The molecule has 1 rings (SSSR count). The third-order valence-electron chi connectivity index (χ3n) is 5.53. The van der Waals surface area contributed by atoms with Gasteiger partial charge in [-0.3, -0.25) is 9.59 Å². The zero-order valence-corrected chi connectivity index (χ0v) is 25.1. The highest BCUT2D eigenvalue weighted by atomic mass is 16.6. The number of phenolic OH excluding ortho intramolecular Hbond substituents is 1. The largest absolute Gasteiger partial charge is 0.508 e. The van der Waals surface area contributed by atoms with E-state index >= 15 is 0 Å². The lowest BCUT2D eigenvalue weighted by Gasteiger charge is -2.27. The Bertz CT molecular complexity index is 998. The minimum Gasteiger partial charge on any atom is -0.508 e.